The van der Waals surface area contributed by atoms with Crippen molar-refractivity contribution in [2.45, 2.75) is 38.1 Å². The molecule has 2 fully saturated rings. The summed E-state index contributed by atoms with van der Waals surface area (Å²) >= 11 is 0. The lowest BCUT2D eigenvalue weighted by molar-refractivity contribution is 0.0741. The molecule has 0 aliphatic carbocycles. The van der Waals surface area contributed by atoms with E-state index in [1.165, 1.54) is 17.2 Å². The predicted molar refractivity (Wildman–Crippen MR) is 97.8 cm³/mol. The van der Waals surface area contributed by atoms with E-state index in [1.807, 2.05) is 4.90 Å². The maximum Gasteiger partial charge on any atom is 0.272 e. The Morgan fingerprint density at radius 2 is 1.88 bits per heavy atom. The van der Waals surface area contributed by atoms with Crippen molar-refractivity contribution in [3.63, 3.8) is 0 Å². The topological polar surface area (TPSA) is 87.7 Å². The van der Waals surface area contributed by atoms with Crippen LogP contribution in [0.5, 0.6) is 0 Å². The van der Waals surface area contributed by atoms with E-state index < -0.39 is 9.84 Å². The van der Waals surface area contributed by atoms with E-state index in [0.717, 1.165) is 38.8 Å². The first kappa shape index (κ1) is 18.8. The molecular formula is C18H25N3O4S. The third kappa shape index (κ3) is 4.23. The standard InChI is InChI=1S/C18H25N3O4S/c1-20(15-7-11-26(24,25)13-15)18(23)16-12-14(6-8-19-16)17(22)21-9-4-2-3-5-10-21/h6,8,12,15H,2-5,7,9-11,13H2,1H3. The quantitative estimate of drug-likeness (QED) is 0.791. The Labute approximate surface area is 154 Å². The van der Waals surface area contributed by atoms with E-state index in [4.69, 9.17) is 0 Å². The van der Waals surface area contributed by atoms with Crippen LogP contribution in [0.2, 0.25) is 0 Å². The third-order valence-electron chi connectivity index (χ3n) is 5.20. The lowest BCUT2D eigenvalue weighted by atomic mass is 10.1. The second kappa shape index (κ2) is 7.73. The summed E-state index contributed by atoms with van der Waals surface area (Å²) < 4.78 is 23.3. The van der Waals surface area contributed by atoms with Gasteiger partial charge in [-0.15, -0.1) is 0 Å². The van der Waals surface area contributed by atoms with Crippen molar-refractivity contribution in [2.75, 3.05) is 31.6 Å². The van der Waals surface area contributed by atoms with Crippen molar-refractivity contribution in [1.29, 1.82) is 0 Å². The van der Waals surface area contributed by atoms with Gasteiger partial charge in [-0.2, -0.15) is 0 Å². The van der Waals surface area contributed by atoms with Gasteiger partial charge in [-0.1, -0.05) is 12.8 Å². The van der Waals surface area contributed by atoms with Crippen molar-refractivity contribution < 1.29 is 18.0 Å². The minimum atomic E-state index is -3.07. The molecule has 3 heterocycles. The Morgan fingerprint density at radius 1 is 1.19 bits per heavy atom. The molecule has 1 aromatic heterocycles. The molecular weight excluding hydrogens is 354 g/mol. The number of pyridine rings is 1. The molecule has 2 aliphatic rings. The van der Waals surface area contributed by atoms with E-state index >= 15 is 0 Å². The highest BCUT2D eigenvalue weighted by atomic mass is 32.2. The molecule has 1 aromatic rings. The van der Waals surface area contributed by atoms with Crippen LogP contribution in [-0.2, 0) is 9.84 Å². The number of hydrogen-bond acceptors (Lipinski definition) is 5. The SMILES string of the molecule is CN(C(=O)c1cc(C(=O)N2CCCCCC2)ccn1)C1CCS(=O)(=O)C1. The molecule has 2 amide bonds. The minimum absolute atomic E-state index is 0.0123. The number of nitrogens with zero attached hydrogens (tertiary/aromatic N) is 3. The Hall–Kier alpha value is -1.96. The highest BCUT2D eigenvalue weighted by molar-refractivity contribution is 7.91. The van der Waals surface area contributed by atoms with E-state index in [9.17, 15) is 18.0 Å². The molecule has 0 spiro atoms. The molecule has 142 valence electrons. The zero-order valence-electron chi connectivity index (χ0n) is 15.1. The molecule has 1 atom stereocenters. The number of aromatic nitrogens is 1. The van der Waals surface area contributed by atoms with Crippen molar-refractivity contribution in [3.05, 3.63) is 29.6 Å². The molecule has 7 nitrogen and oxygen atoms in total. The average Bonchev–Trinajstić information content (AvgIpc) is 2.84. The summed E-state index contributed by atoms with van der Waals surface area (Å²) in [5, 5.41) is 0. The fraction of sp³-hybridized carbons (Fsp3) is 0.611. The van der Waals surface area contributed by atoms with Gasteiger partial charge >= 0.3 is 0 Å². The van der Waals surface area contributed by atoms with Gasteiger partial charge in [0.05, 0.1) is 11.5 Å². The van der Waals surface area contributed by atoms with E-state index in [-0.39, 0.29) is 35.1 Å². The molecule has 0 saturated carbocycles. The summed E-state index contributed by atoms with van der Waals surface area (Å²) in [6.07, 6.45) is 6.19. The molecule has 0 radical (unpaired) electrons. The molecule has 1 unspecified atom stereocenters. The van der Waals surface area contributed by atoms with Crippen LogP contribution in [0.25, 0.3) is 0 Å². The van der Waals surface area contributed by atoms with Gasteiger partial charge in [-0.05, 0) is 31.4 Å². The van der Waals surface area contributed by atoms with Crippen LogP contribution < -0.4 is 0 Å². The third-order valence-corrected chi connectivity index (χ3v) is 6.95. The molecule has 3 rings (SSSR count). The molecule has 2 saturated heterocycles. The molecule has 26 heavy (non-hydrogen) atoms. The van der Waals surface area contributed by atoms with Gasteiger partial charge in [0, 0.05) is 37.9 Å². The molecule has 0 N–H and O–H groups in total. The Bertz CT molecular complexity index is 785. The first-order chi connectivity index (χ1) is 12.4. The van der Waals surface area contributed by atoms with Crippen LogP contribution in [-0.4, -0.2) is 72.7 Å². The number of rotatable bonds is 3. The van der Waals surface area contributed by atoms with Crippen molar-refractivity contribution in [2.24, 2.45) is 0 Å². The number of amides is 2. The smallest absolute Gasteiger partial charge is 0.272 e. The van der Waals surface area contributed by atoms with Crippen LogP contribution in [0.4, 0.5) is 0 Å². The first-order valence-corrected chi connectivity index (χ1v) is 10.9. The molecule has 0 bridgehead atoms. The largest absolute Gasteiger partial charge is 0.339 e. The summed E-state index contributed by atoms with van der Waals surface area (Å²) in [6.45, 7) is 1.48. The summed E-state index contributed by atoms with van der Waals surface area (Å²) in [6, 6.07) is 2.82. The fourth-order valence-electron chi connectivity index (χ4n) is 3.56. The lowest BCUT2D eigenvalue weighted by Gasteiger charge is -2.23. The first-order valence-electron chi connectivity index (χ1n) is 9.10. The van der Waals surface area contributed by atoms with Crippen LogP contribution >= 0.6 is 0 Å². The van der Waals surface area contributed by atoms with Crippen molar-refractivity contribution in [1.82, 2.24) is 14.8 Å². The highest BCUT2D eigenvalue weighted by Gasteiger charge is 2.33. The summed E-state index contributed by atoms with van der Waals surface area (Å²) in [5.41, 5.74) is 0.634. The molecule has 8 heteroatoms. The van der Waals surface area contributed by atoms with Crippen LogP contribution in [0.1, 0.15) is 53.0 Å². The zero-order valence-corrected chi connectivity index (χ0v) is 15.9. The minimum Gasteiger partial charge on any atom is -0.339 e. The van der Waals surface area contributed by atoms with Gasteiger partial charge in [0.1, 0.15) is 5.69 Å². The van der Waals surface area contributed by atoms with Gasteiger partial charge in [0.15, 0.2) is 9.84 Å². The highest BCUT2D eigenvalue weighted by Crippen LogP contribution is 2.19. The number of hydrogen-bond donors (Lipinski definition) is 0. The maximum absolute atomic E-state index is 12.7. The van der Waals surface area contributed by atoms with Crippen molar-refractivity contribution >= 4 is 21.7 Å². The summed E-state index contributed by atoms with van der Waals surface area (Å²) in [4.78, 5) is 32.8. The van der Waals surface area contributed by atoms with Gasteiger partial charge in [-0.25, -0.2) is 8.42 Å². The average molecular weight is 379 g/mol. The Morgan fingerprint density at radius 3 is 2.50 bits per heavy atom. The van der Waals surface area contributed by atoms with Gasteiger partial charge in [0.25, 0.3) is 11.8 Å². The Balaban J connectivity index is 1.74. The van der Waals surface area contributed by atoms with E-state index in [1.54, 1.807) is 13.1 Å². The zero-order chi connectivity index (χ0) is 18.7. The maximum atomic E-state index is 12.7. The van der Waals surface area contributed by atoms with Gasteiger partial charge < -0.3 is 9.80 Å². The van der Waals surface area contributed by atoms with Gasteiger partial charge in [0.2, 0.25) is 0 Å². The monoisotopic (exact) mass is 379 g/mol. The van der Waals surface area contributed by atoms with Crippen LogP contribution in [0.15, 0.2) is 18.3 Å². The predicted octanol–water partition coefficient (Wildman–Crippen LogP) is 1.36. The Kier molecular flexibility index (Phi) is 5.60. The second-order valence-corrected chi connectivity index (χ2v) is 9.34. The van der Waals surface area contributed by atoms with Crippen LogP contribution in [0.3, 0.4) is 0 Å². The summed E-state index contributed by atoms with van der Waals surface area (Å²) in [5.74, 6) is -0.329. The van der Waals surface area contributed by atoms with E-state index in [2.05, 4.69) is 4.98 Å². The normalized spacial score (nSPS) is 22.7. The molecule has 2 aliphatic heterocycles. The van der Waals surface area contributed by atoms with Crippen molar-refractivity contribution in [3.8, 4) is 0 Å². The summed E-state index contributed by atoms with van der Waals surface area (Å²) in [7, 11) is -1.47. The number of carbonyl (C=O) groups is 2. The second-order valence-electron chi connectivity index (χ2n) is 7.11. The van der Waals surface area contributed by atoms with Crippen LogP contribution in [0, 0.1) is 0 Å². The number of sulfone groups is 1. The lowest BCUT2D eigenvalue weighted by Crippen LogP contribution is -2.38. The van der Waals surface area contributed by atoms with E-state index in [0.29, 0.717) is 12.0 Å². The van der Waals surface area contributed by atoms with Gasteiger partial charge in [-0.3, -0.25) is 14.6 Å². The molecule has 0 aromatic carbocycles. The number of likely N-dealkylation sites (tertiary alicyclic amines) is 1. The fourth-order valence-corrected chi connectivity index (χ4v) is 5.34. The number of carbonyl (C=O) groups excluding carboxylic acids is 2.